The Morgan fingerprint density at radius 3 is 2.06 bits per heavy atom. The first-order valence-corrected chi connectivity index (χ1v) is 5.27. The molecule has 1 unspecified atom stereocenters. The summed E-state index contributed by atoms with van der Waals surface area (Å²) in [6.07, 6.45) is -3.70. The second-order valence-electron chi connectivity index (χ2n) is 3.25. The highest BCUT2D eigenvalue weighted by Crippen LogP contribution is 2.36. The van der Waals surface area contributed by atoms with Crippen LogP contribution in [0.1, 0.15) is 11.6 Å². The SMILES string of the molecule is CNC(c1ccc(Br)cc1)C(F)(F)C(F)F. The van der Waals surface area contributed by atoms with Crippen LogP contribution in [0.2, 0.25) is 0 Å². The zero-order valence-corrected chi connectivity index (χ0v) is 9.94. The Bertz CT molecular complexity index is 339. The number of halogens is 5. The van der Waals surface area contributed by atoms with Gasteiger partial charge in [0.1, 0.15) is 6.04 Å². The monoisotopic (exact) mass is 299 g/mol. The average molecular weight is 300 g/mol. The lowest BCUT2D eigenvalue weighted by Crippen LogP contribution is -2.41. The van der Waals surface area contributed by atoms with Crippen molar-refractivity contribution >= 4 is 15.9 Å². The first kappa shape index (κ1) is 13.4. The van der Waals surface area contributed by atoms with Crippen LogP contribution in [0.3, 0.4) is 0 Å². The molecule has 0 aliphatic heterocycles. The Morgan fingerprint density at radius 2 is 1.69 bits per heavy atom. The molecule has 1 N–H and O–H groups in total. The van der Waals surface area contributed by atoms with Crippen molar-refractivity contribution in [2.24, 2.45) is 0 Å². The Labute approximate surface area is 99.0 Å². The standard InChI is InChI=1S/C10H10BrF4N/c1-16-8(10(14,15)9(12)13)6-2-4-7(11)5-3-6/h2-5,8-9,16H,1H3. The van der Waals surface area contributed by atoms with Gasteiger partial charge in [-0.1, -0.05) is 28.1 Å². The second kappa shape index (κ2) is 5.14. The maximum atomic E-state index is 13.2. The van der Waals surface area contributed by atoms with Crippen LogP contribution in [0, 0.1) is 0 Å². The normalized spacial score (nSPS) is 14.2. The number of hydrogen-bond acceptors (Lipinski definition) is 1. The molecule has 1 nitrogen and oxygen atoms in total. The van der Waals surface area contributed by atoms with Crippen LogP contribution in [-0.2, 0) is 0 Å². The molecule has 0 saturated heterocycles. The molecule has 1 atom stereocenters. The summed E-state index contributed by atoms with van der Waals surface area (Å²) in [5.74, 6) is -4.09. The molecule has 0 fully saturated rings. The van der Waals surface area contributed by atoms with Gasteiger partial charge in [0.15, 0.2) is 0 Å². The van der Waals surface area contributed by atoms with Crippen molar-refractivity contribution in [2.75, 3.05) is 7.05 Å². The van der Waals surface area contributed by atoms with Crippen LogP contribution in [0.15, 0.2) is 28.7 Å². The summed E-state index contributed by atoms with van der Waals surface area (Å²) in [5.41, 5.74) is 0.121. The molecule has 16 heavy (non-hydrogen) atoms. The van der Waals surface area contributed by atoms with Crippen molar-refractivity contribution in [3.05, 3.63) is 34.3 Å². The van der Waals surface area contributed by atoms with Crippen molar-refractivity contribution in [2.45, 2.75) is 18.4 Å². The van der Waals surface area contributed by atoms with Gasteiger partial charge in [0.25, 0.3) is 0 Å². The van der Waals surface area contributed by atoms with Gasteiger partial charge in [-0.05, 0) is 24.7 Å². The number of hydrogen-bond donors (Lipinski definition) is 1. The third-order valence-corrected chi connectivity index (χ3v) is 2.70. The van der Waals surface area contributed by atoms with E-state index in [0.29, 0.717) is 4.47 Å². The Kier molecular flexibility index (Phi) is 4.32. The molecule has 1 aromatic carbocycles. The van der Waals surface area contributed by atoms with Gasteiger partial charge < -0.3 is 5.32 Å². The first-order chi connectivity index (χ1) is 7.39. The van der Waals surface area contributed by atoms with Gasteiger partial charge >= 0.3 is 12.3 Å². The molecule has 0 radical (unpaired) electrons. The molecule has 0 aromatic heterocycles. The van der Waals surface area contributed by atoms with E-state index in [1.54, 1.807) is 0 Å². The van der Waals surface area contributed by atoms with Crippen LogP contribution in [0.25, 0.3) is 0 Å². The summed E-state index contributed by atoms with van der Waals surface area (Å²) >= 11 is 3.14. The fourth-order valence-electron chi connectivity index (χ4n) is 1.36. The molecule has 0 heterocycles. The van der Waals surface area contributed by atoms with E-state index < -0.39 is 18.4 Å². The maximum absolute atomic E-state index is 13.2. The number of nitrogens with one attached hydrogen (secondary N) is 1. The van der Waals surface area contributed by atoms with E-state index in [0.717, 1.165) is 0 Å². The zero-order valence-electron chi connectivity index (χ0n) is 8.35. The van der Waals surface area contributed by atoms with Crippen LogP contribution in [-0.4, -0.2) is 19.4 Å². The summed E-state index contributed by atoms with van der Waals surface area (Å²) in [4.78, 5) is 0. The van der Waals surface area contributed by atoms with Crippen LogP contribution < -0.4 is 5.32 Å². The summed E-state index contributed by atoms with van der Waals surface area (Å²) in [6, 6.07) is 4.12. The van der Waals surface area contributed by atoms with Gasteiger partial charge in [-0.25, -0.2) is 8.78 Å². The number of benzene rings is 1. The predicted octanol–water partition coefficient (Wildman–Crippen LogP) is 3.61. The minimum Gasteiger partial charge on any atom is -0.308 e. The van der Waals surface area contributed by atoms with Crippen molar-refractivity contribution in [3.8, 4) is 0 Å². The molecule has 0 amide bonds. The van der Waals surface area contributed by atoms with Gasteiger partial charge in [-0.15, -0.1) is 0 Å². The van der Waals surface area contributed by atoms with Crippen LogP contribution >= 0.6 is 15.9 Å². The number of alkyl halides is 4. The van der Waals surface area contributed by atoms with Crippen molar-refractivity contribution in [3.63, 3.8) is 0 Å². The molecular formula is C10H10BrF4N. The van der Waals surface area contributed by atoms with E-state index in [4.69, 9.17) is 0 Å². The Morgan fingerprint density at radius 1 is 1.19 bits per heavy atom. The van der Waals surface area contributed by atoms with Gasteiger partial charge in [0, 0.05) is 4.47 Å². The molecule has 0 aliphatic rings. The maximum Gasteiger partial charge on any atom is 0.326 e. The topological polar surface area (TPSA) is 12.0 Å². The third kappa shape index (κ3) is 2.74. The predicted molar refractivity (Wildman–Crippen MR) is 56.9 cm³/mol. The van der Waals surface area contributed by atoms with Crippen molar-refractivity contribution in [1.29, 1.82) is 0 Å². The quantitative estimate of drug-likeness (QED) is 0.838. The molecule has 0 bridgehead atoms. The molecule has 1 aromatic rings. The minimum atomic E-state index is -4.09. The Balaban J connectivity index is 3.03. The van der Waals surface area contributed by atoms with E-state index in [9.17, 15) is 17.6 Å². The highest BCUT2D eigenvalue weighted by molar-refractivity contribution is 9.10. The summed E-state index contributed by atoms with van der Waals surface area (Å²) in [5, 5.41) is 2.21. The van der Waals surface area contributed by atoms with Gasteiger partial charge in [0.05, 0.1) is 0 Å². The van der Waals surface area contributed by atoms with E-state index in [2.05, 4.69) is 21.2 Å². The lowest BCUT2D eigenvalue weighted by Gasteiger charge is -2.26. The van der Waals surface area contributed by atoms with E-state index in [1.807, 2.05) is 0 Å². The largest absolute Gasteiger partial charge is 0.326 e. The second-order valence-corrected chi connectivity index (χ2v) is 4.16. The molecule has 0 aliphatic carbocycles. The van der Waals surface area contributed by atoms with Crippen molar-refractivity contribution < 1.29 is 17.6 Å². The molecule has 0 spiro atoms. The molecular weight excluding hydrogens is 290 g/mol. The molecule has 90 valence electrons. The average Bonchev–Trinajstić information content (AvgIpc) is 2.21. The van der Waals surface area contributed by atoms with E-state index in [-0.39, 0.29) is 5.56 Å². The van der Waals surface area contributed by atoms with Gasteiger partial charge in [0.2, 0.25) is 0 Å². The first-order valence-electron chi connectivity index (χ1n) is 4.48. The fourth-order valence-corrected chi connectivity index (χ4v) is 1.63. The van der Waals surface area contributed by atoms with E-state index in [1.165, 1.54) is 31.3 Å². The molecule has 6 heteroatoms. The molecule has 1 rings (SSSR count). The summed E-state index contributed by atoms with van der Waals surface area (Å²) in [6.45, 7) is 0. The third-order valence-electron chi connectivity index (χ3n) is 2.17. The Hall–Kier alpha value is -0.620. The molecule has 0 saturated carbocycles. The summed E-state index contributed by atoms with van der Waals surface area (Å²) in [7, 11) is 1.23. The lowest BCUT2D eigenvalue weighted by atomic mass is 10.0. The minimum absolute atomic E-state index is 0.121. The lowest BCUT2D eigenvalue weighted by molar-refractivity contribution is -0.150. The van der Waals surface area contributed by atoms with Crippen LogP contribution in [0.5, 0.6) is 0 Å². The summed E-state index contributed by atoms with van der Waals surface area (Å²) < 4.78 is 51.5. The zero-order chi connectivity index (χ0) is 12.3. The fraction of sp³-hybridized carbons (Fsp3) is 0.400. The van der Waals surface area contributed by atoms with E-state index >= 15 is 0 Å². The van der Waals surface area contributed by atoms with Crippen molar-refractivity contribution in [1.82, 2.24) is 5.32 Å². The number of rotatable bonds is 4. The van der Waals surface area contributed by atoms with Crippen LogP contribution in [0.4, 0.5) is 17.6 Å². The van der Waals surface area contributed by atoms with Gasteiger partial charge in [-0.2, -0.15) is 8.78 Å². The highest BCUT2D eigenvalue weighted by Gasteiger charge is 2.48. The highest BCUT2D eigenvalue weighted by atomic mass is 79.9. The van der Waals surface area contributed by atoms with Gasteiger partial charge in [-0.3, -0.25) is 0 Å². The smallest absolute Gasteiger partial charge is 0.308 e.